The third-order valence-electron chi connectivity index (χ3n) is 2.98. The molecule has 1 aliphatic heterocycles. The van der Waals surface area contributed by atoms with Gasteiger partial charge < -0.3 is 5.73 Å². The maximum absolute atomic E-state index is 12.5. The van der Waals surface area contributed by atoms with Crippen molar-refractivity contribution in [2.24, 2.45) is 18.7 Å². The second-order valence-corrected chi connectivity index (χ2v) is 7.34. The van der Waals surface area contributed by atoms with Gasteiger partial charge in [-0.1, -0.05) is 12.1 Å². The molecule has 1 saturated heterocycles. The van der Waals surface area contributed by atoms with E-state index in [0.717, 1.165) is 6.42 Å². The molecular formula is C9H16BrN5O2S. The van der Waals surface area contributed by atoms with Gasteiger partial charge in [-0.3, -0.25) is 0 Å². The van der Waals surface area contributed by atoms with E-state index in [4.69, 9.17) is 5.73 Å². The van der Waals surface area contributed by atoms with E-state index in [-0.39, 0.29) is 21.6 Å². The minimum atomic E-state index is -3.60. The van der Waals surface area contributed by atoms with Crippen molar-refractivity contribution in [2.45, 2.75) is 24.4 Å². The van der Waals surface area contributed by atoms with Crippen molar-refractivity contribution in [1.82, 2.24) is 19.3 Å². The van der Waals surface area contributed by atoms with Gasteiger partial charge in [-0.05, 0) is 28.3 Å². The predicted octanol–water partition coefficient (Wildman–Crippen LogP) is -0.0646. The molecule has 7 nitrogen and oxygen atoms in total. The molecule has 1 fully saturated rings. The lowest BCUT2D eigenvalue weighted by Gasteiger charge is -2.33. The molecule has 0 spiro atoms. The van der Waals surface area contributed by atoms with E-state index in [1.807, 2.05) is 6.92 Å². The van der Waals surface area contributed by atoms with Crippen LogP contribution in [0.3, 0.4) is 0 Å². The summed E-state index contributed by atoms with van der Waals surface area (Å²) in [6.45, 7) is 2.82. The molecule has 2 unspecified atom stereocenters. The van der Waals surface area contributed by atoms with Crippen molar-refractivity contribution in [1.29, 1.82) is 0 Å². The minimum absolute atomic E-state index is 0.0730. The van der Waals surface area contributed by atoms with Crippen molar-refractivity contribution in [2.75, 3.05) is 13.1 Å². The fraction of sp³-hybridized carbons (Fsp3) is 0.778. The zero-order chi connectivity index (χ0) is 13.5. The Hall–Kier alpha value is -0.510. The Balaban J connectivity index is 2.37. The van der Waals surface area contributed by atoms with E-state index in [1.165, 1.54) is 8.99 Å². The monoisotopic (exact) mass is 337 g/mol. The van der Waals surface area contributed by atoms with Crippen molar-refractivity contribution in [3.05, 3.63) is 4.60 Å². The molecule has 0 amide bonds. The second kappa shape index (κ2) is 4.87. The van der Waals surface area contributed by atoms with Crippen LogP contribution in [0, 0.1) is 5.92 Å². The third-order valence-corrected chi connectivity index (χ3v) is 5.70. The summed E-state index contributed by atoms with van der Waals surface area (Å²) in [6, 6.07) is -0.122. The Kier molecular flexibility index (Phi) is 3.77. The maximum atomic E-state index is 12.5. The van der Waals surface area contributed by atoms with Crippen LogP contribution in [0.5, 0.6) is 0 Å². The molecule has 0 aliphatic carbocycles. The van der Waals surface area contributed by atoms with Crippen LogP contribution in [0.15, 0.2) is 9.63 Å². The summed E-state index contributed by atoms with van der Waals surface area (Å²) in [4.78, 5) is 0. The largest absolute Gasteiger partial charge is 0.326 e. The number of halogens is 1. The normalized spacial score (nSPS) is 26.4. The maximum Gasteiger partial charge on any atom is 0.263 e. The molecule has 2 rings (SSSR count). The highest BCUT2D eigenvalue weighted by Crippen LogP contribution is 2.26. The molecule has 1 aliphatic rings. The van der Waals surface area contributed by atoms with Crippen molar-refractivity contribution >= 4 is 26.0 Å². The van der Waals surface area contributed by atoms with E-state index in [1.54, 1.807) is 7.05 Å². The molecule has 0 saturated carbocycles. The molecule has 1 aromatic rings. The SMILES string of the molecule is CC1CC(N)CN(S(=O)(=O)c2c(Br)nnn2C)C1. The van der Waals surface area contributed by atoms with Crippen LogP contribution in [0.4, 0.5) is 0 Å². The van der Waals surface area contributed by atoms with Gasteiger partial charge in [-0.2, -0.15) is 4.31 Å². The predicted molar refractivity (Wildman–Crippen MR) is 69.2 cm³/mol. The first-order chi connectivity index (χ1) is 8.32. The summed E-state index contributed by atoms with van der Waals surface area (Å²) in [5.74, 6) is 0.253. The summed E-state index contributed by atoms with van der Waals surface area (Å²) in [7, 11) is -2.05. The molecule has 18 heavy (non-hydrogen) atoms. The summed E-state index contributed by atoms with van der Waals surface area (Å²) in [5, 5.41) is 7.48. The molecule has 1 aromatic heterocycles. The van der Waals surface area contributed by atoms with Gasteiger partial charge in [0.2, 0.25) is 5.03 Å². The highest BCUT2D eigenvalue weighted by molar-refractivity contribution is 9.10. The number of aromatic nitrogens is 3. The van der Waals surface area contributed by atoms with E-state index in [0.29, 0.717) is 13.1 Å². The number of nitrogens with two attached hydrogens (primary N) is 1. The fourth-order valence-corrected chi connectivity index (χ4v) is 4.91. The van der Waals surface area contributed by atoms with Gasteiger partial charge in [0.25, 0.3) is 10.0 Å². The molecule has 102 valence electrons. The lowest BCUT2D eigenvalue weighted by Crippen LogP contribution is -2.49. The molecule has 2 N–H and O–H groups in total. The summed E-state index contributed by atoms with van der Waals surface area (Å²) in [6.07, 6.45) is 0.844. The molecule has 2 heterocycles. The van der Waals surface area contributed by atoms with Crippen LogP contribution in [0.2, 0.25) is 0 Å². The first kappa shape index (κ1) is 13.9. The first-order valence-electron chi connectivity index (χ1n) is 5.63. The number of hydrogen-bond acceptors (Lipinski definition) is 5. The summed E-state index contributed by atoms with van der Waals surface area (Å²) in [5.41, 5.74) is 5.89. The van der Waals surface area contributed by atoms with Crippen LogP contribution in [0.25, 0.3) is 0 Å². The highest BCUT2D eigenvalue weighted by Gasteiger charge is 2.35. The minimum Gasteiger partial charge on any atom is -0.326 e. The highest BCUT2D eigenvalue weighted by atomic mass is 79.9. The Bertz CT molecular complexity index is 514. The molecular weight excluding hydrogens is 322 g/mol. The van der Waals surface area contributed by atoms with Gasteiger partial charge in [0.05, 0.1) is 0 Å². The van der Waals surface area contributed by atoms with Crippen LogP contribution < -0.4 is 5.73 Å². The van der Waals surface area contributed by atoms with Gasteiger partial charge in [-0.15, -0.1) is 5.10 Å². The average molecular weight is 338 g/mol. The van der Waals surface area contributed by atoms with Crippen molar-refractivity contribution < 1.29 is 8.42 Å². The van der Waals surface area contributed by atoms with E-state index >= 15 is 0 Å². The van der Waals surface area contributed by atoms with Crippen molar-refractivity contribution in [3.63, 3.8) is 0 Å². The lowest BCUT2D eigenvalue weighted by molar-refractivity contribution is 0.253. The van der Waals surface area contributed by atoms with Crippen LogP contribution in [0.1, 0.15) is 13.3 Å². The average Bonchev–Trinajstić information content (AvgIpc) is 2.57. The topological polar surface area (TPSA) is 94.1 Å². The number of piperidine rings is 1. The van der Waals surface area contributed by atoms with Gasteiger partial charge in [-0.25, -0.2) is 13.1 Å². The smallest absolute Gasteiger partial charge is 0.263 e. The Labute approximate surface area is 115 Å². The number of aryl methyl sites for hydroxylation is 1. The number of sulfonamides is 1. The zero-order valence-corrected chi connectivity index (χ0v) is 12.6. The van der Waals surface area contributed by atoms with Gasteiger partial charge in [0.1, 0.15) is 0 Å². The quantitative estimate of drug-likeness (QED) is 0.815. The Morgan fingerprint density at radius 1 is 1.44 bits per heavy atom. The van der Waals surface area contributed by atoms with Crippen LogP contribution in [-0.4, -0.2) is 46.8 Å². The number of rotatable bonds is 2. The summed E-state index contributed by atoms with van der Waals surface area (Å²) < 4.78 is 27.9. The standard InChI is InChI=1S/C9H16BrN5O2S/c1-6-3-7(11)5-15(4-6)18(16,17)9-8(10)12-13-14(9)2/h6-7H,3-5,11H2,1-2H3. The molecule has 0 radical (unpaired) electrons. The Morgan fingerprint density at radius 2 is 2.11 bits per heavy atom. The van der Waals surface area contributed by atoms with E-state index in [9.17, 15) is 8.42 Å². The second-order valence-electron chi connectivity index (χ2n) is 4.73. The molecule has 0 aromatic carbocycles. The van der Waals surface area contributed by atoms with Crippen LogP contribution >= 0.6 is 15.9 Å². The van der Waals surface area contributed by atoms with E-state index < -0.39 is 10.0 Å². The molecule has 9 heteroatoms. The van der Waals surface area contributed by atoms with E-state index in [2.05, 4.69) is 26.2 Å². The number of hydrogen-bond donors (Lipinski definition) is 1. The third kappa shape index (κ3) is 2.44. The number of nitrogens with zero attached hydrogens (tertiary/aromatic N) is 4. The van der Waals surface area contributed by atoms with Gasteiger partial charge in [0.15, 0.2) is 4.60 Å². The lowest BCUT2D eigenvalue weighted by atomic mass is 9.99. The van der Waals surface area contributed by atoms with Crippen molar-refractivity contribution in [3.8, 4) is 0 Å². The van der Waals surface area contributed by atoms with Gasteiger partial charge >= 0.3 is 0 Å². The molecule has 2 atom stereocenters. The zero-order valence-electron chi connectivity index (χ0n) is 10.2. The van der Waals surface area contributed by atoms with Crippen LogP contribution in [-0.2, 0) is 17.1 Å². The first-order valence-corrected chi connectivity index (χ1v) is 7.86. The molecule has 0 bridgehead atoms. The Morgan fingerprint density at radius 3 is 2.61 bits per heavy atom. The summed E-state index contributed by atoms with van der Waals surface area (Å²) >= 11 is 3.12. The van der Waals surface area contributed by atoms with Gasteiger partial charge in [0, 0.05) is 26.2 Å². The fourth-order valence-electron chi connectivity index (χ4n) is 2.26.